The molecule has 0 spiro atoms. The van der Waals surface area contributed by atoms with E-state index >= 15 is 0 Å². The van der Waals surface area contributed by atoms with Crippen LogP contribution in [0.2, 0.25) is 0 Å². The smallest absolute Gasteiger partial charge is 0.0587 e. The molecule has 1 atom stereocenters. The van der Waals surface area contributed by atoms with Crippen LogP contribution in [0.5, 0.6) is 0 Å². The van der Waals surface area contributed by atoms with Crippen molar-refractivity contribution in [1.29, 1.82) is 0 Å². The molecule has 3 heteroatoms. The van der Waals surface area contributed by atoms with Gasteiger partial charge in [-0.25, -0.2) is 0 Å². The lowest BCUT2D eigenvalue weighted by Gasteiger charge is -2.11. The van der Waals surface area contributed by atoms with Gasteiger partial charge in [-0.3, -0.25) is 0 Å². The van der Waals surface area contributed by atoms with E-state index in [4.69, 9.17) is 4.74 Å². The minimum Gasteiger partial charge on any atom is -0.383 e. The Morgan fingerprint density at radius 1 is 1.29 bits per heavy atom. The van der Waals surface area contributed by atoms with E-state index in [1.807, 2.05) is 11.3 Å². The molecule has 1 heterocycles. The van der Waals surface area contributed by atoms with E-state index in [9.17, 15) is 0 Å². The van der Waals surface area contributed by atoms with Crippen LogP contribution in [0.1, 0.15) is 29.5 Å². The zero-order valence-corrected chi connectivity index (χ0v) is 12.1. The van der Waals surface area contributed by atoms with Crippen LogP contribution >= 0.6 is 11.3 Å². The van der Waals surface area contributed by atoms with Crippen molar-refractivity contribution in [2.75, 3.05) is 26.8 Å². The third-order valence-electron chi connectivity index (χ3n) is 2.98. The summed E-state index contributed by atoms with van der Waals surface area (Å²) in [6.45, 7) is 7.40. The average molecular weight is 255 g/mol. The molecule has 0 saturated heterocycles. The van der Waals surface area contributed by atoms with Gasteiger partial charge in [0.2, 0.25) is 0 Å². The summed E-state index contributed by atoms with van der Waals surface area (Å²) < 4.78 is 5.00. The van der Waals surface area contributed by atoms with Gasteiger partial charge in [-0.1, -0.05) is 6.92 Å². The Morgan fingerprint density at radius 2 is 2.12 bits per heavy atom. The number of aryl methyl sites for hydroxylation is 2. The van der Waals surface area contributed by atoms with Crippen molar-refractivity contribution < 1.29 is 4.74 Å². The Hall–Kier alpha value is -0.380. The zero-order valence-electron chi connectivity index (χ0n) is 11.3. The highest BCUT2D eigenvalue weighted by Crippen LogP contribution is 2.19. The highest BCUT2D eigenvalue weighted by atomic mass is 32.1. The Balaban J connectivity index is 2.03. The lowest BCUT2D eigenvalue weighted by atomic mass is 10.0. The number of methoxy groups -OCH3 is 1. The molecule has 98 valence electrons. The van der Waals surface area contributed by atoms with E-state index in [1.54, 1.807) is 7.11 Å². The van der Waals surface area contributed by atoms with E-state index in [0.717, 1.165) is 25.6 Å². The molecule has 0 saturated carbocycles. The van der Waals surface area contributed by atoms with E-state index in [0.29, 0.717) is 0 Å². The first-order valence-electron chi connectivity index (χ1n) is 6.47. The summed E-state index contributed by atoms with van der Waals surface area (Å²) in [6, 6.07) is 4.49. The van der Waals surface area contributed by atoms with Crippen molar-refractivity contribution >= 4 is 11.3 Å². The lowest BCUT2D eigenvalue weighted by Crippen LogP contribution is -2.21. The summed E-state index contributed by atoms with van der Waals surface area (Å²) in [5, 5.41) is 3.40. The molecule has 1 unspecified atom stereocenters. The van der Waals surface area contributed by atoms with Crippen LogP contribution in [0.3, 0.4) is 0 Å². The summed E-state index contributed by atoms with van der Waals surface area (Å²) in [6.07, 6.45) is 3.79. The summed E-state index contributed by atoms with van der Waals surface area (Å²) in [7, 11) is 1.74. The van der Waals surface area contributed by atoms with Gasteiger partial charge in [0.25, 0.3) is 0 Å². The van der Waals surface area contributed by atoms with Gasteiger partial charge in [0.1, 0.15) is 0 Å². The molecule has 0 fully saturated rings. The maximum Gasteiger partial charge on any atom is 0.0587 e. The molecule has 0 aliphatic heterocycles. The van der Waals surface area contributed by atoms with Crippen LogP contribution in [0.15, 0.2) is 12.1 Å². The molecular formula is C14H25NOS. The molecule has 0 amide bonds. The Morgan fingerprint density at radius 3 is 2.76 bits per heavy atom. The van der Waals surface area contributed by atoms with E-state index in [-0.39, 0.29) is 0 Å². The minimum absolute atomic E-state index is 0.799. The summed E-state index contributed by atoms with van der Waals surface area (Å²) in [4.78, 5) is 2.95. The minimum atomic E-state index is 0.799. The van der Waals surface area contributed by atoms with Gasteiger partial charge in [-0.15, -0.1) is 11.3 Å². The number of rotatable bonds is 9. The number of hydrogen-bond acceptors (Lipinski definition) is 3. The predicted octanol–water partition coefficient (Wildman–Crippen LogP) is 3.25. The molecule has 0 aliphatic carbocycles. The van der Waals surface area contributed by atoms with Gasteiger partial charge in [-0.05, 0) is 50.8 Å². The standard InChI is InChI=1S/C14H25NOS/c1-12(8-9-15-10-11-16-3)4-6-14-7-5-13(2)17-14/h5,7,12,15H,4,6,8-11H2,1-3H3. The van der Waals surface area contributed by atoms with Crippen LogP contribution < -0.4 is 5.32 Å². The molecular weight excluding hydrogens is 230 g/mol. The van der Waals surface area contributed by atoms with Crippen molar-refractivity contribution in [3.05, 3.63) is 21.9 Å². The fraction of sp³-hybridized carbons (Fsp3) is 0.714. The molecule has 0 aromatic carbocycles. The highest BCUT2D eigenvalue weighted by Gasteiger charge is 2.03. The van der Waals surface area contributed by atoms with E-state index < -0.39 is 0 Å². The van der Waals surface area contributed by atoms with Gasteiger partial charge >= 0.3 is 0 Å². The summed E-state index contributed by atoms with van der Waals surface area (Å²) in [5.74, 6) is 0.799. The maximum atomic E-state index is 5.00. The average Bonchev–Trinajstić information content (AvgIpc) is 2.72. The first-order chi connectivity index (χ1) is 8.22. The Kier molecular flexibility index (Phi) is 7.49. The Labute approximate surface area is 109 Å². The topological polar surface area (TPSA) is 21.3 Å². The predicted molar refractivity (Wildman–Crippen MR) is 75.9 cm³/mol. The van der Waals surface area contributed by atoms with Crippen molar-refractivity contribution in [2.45, 2.75) is 33.1 Å². The van der Waals surface area contributed by atoms with Gasteiger partial charge < -0.3 is 10.1 Å². The molecule has 1 rings (SSSR count). The van der Waals surface area contributed by atoms with Crippen molar-refractivity contribution in [2.24, 2.45) is 5.92 Å². The zero-order chi connectivity index (χ0) is 12.5. The van der Waals surface area contributed by atoms with Crippen LogP contribution in [0.4, 0.5) is 0 Å². The van der Waals surface area contributed by atoms with Gasteiger partial charge in [0.15, 0.2) is 0 Å². The first kappa shape index (κ1) is 14.7. The van der Waals surface area contributed by atoms with Gasteiger partial charge in [-0.2, -0.15) is 0 Å². The van der Waals surface area contributed by atoms with Gasteiger partial charge in [0.05, 0.1) is 6.61 Å². The van der Waals surface area contributed by atoms with E-state index in [1.165, 1.54) is 29.0 Å². The molecule has 0 radical (unpaired) electrons. The van der Waals surface area contributed by atoms with Crippen LogP contribution in [-0.2, 0) is 11.2 Å². The largest absolute Gasteiger partial charge is 0.383 e. The second-order valence-corrected chi connectivity index (χ2v) is 6.06. The molecule has 2 nitrogen and oxygen atoms in total. The van der Waals surface area contributed by atoms with Crippen molar-refractivity contribution in [1.82, 2.24) is 5.32 Å². The lowest BCUT2D eigenvalue weighted by molar-refractivity contribution is 0.199. The molecule has 17 heavy (non-hydrogen) atoms. The quantitative estimate of drug-likeness (QED) is 0.684. The third-order valence-corrected chi connectivity index (χ3v) is 4.04. The van der Waals surface area contributed by atoms with E-state index in [2.05, 4.69) is 31.3 Å². The Bertz CT molecular complexity index is 298. The second kappa shape index (κ2) is 8.67. The molecule has 0 aliphatic rings. The third kappa shape index (κ3) is 6.81. The maximum absolute atomic E-state index is 5.00. The molecule has 1 aromatic heterocycles. The molecule has 1 aromatic rings. The normalized spacial score (nSPS) is 12.9. The highest BCUT2D eigenvalue weighted by molar-refractivity contribution is 7.11. The van der Waals surface area contributed by atoms with Gasteiger partial charge in [0, 0.05) is 23.4 Å². The first-order valence-corrected chi connectivity index (χ1v) is 7.29. The fourth-order valence-electron chi connectivity index (χ4n) is 1.80. The fourth-order valence-corrected chi connectivity index (χ4v) is 2.71. The van der Waals surface area contributed by atoms with Crippen molar-refractivity contribution in [3.8, 4) is 0 Å². The monoisotopic (exact) mass is 255 g/mol. The number of ether oxygens (including phenoxy) is 1. The molecule has 1 N–H and O–H groups in total. The van der Waals surface area contributed by atoms with Crippen LogP contribution in [-0.4, -0.2) is 26.8 Å². The van der Waals surface area contributed by atoms with Crippen LogP contribution in [0, 0.1) is 12.8 Å². The number of hydrogen-bond donors (Lipinski definition) is 1. The SMILES string of the molecule is COCCNCCC(C)CCc1ccc(C)s1. The second-order valence-electron chi connectivity index (χ2n) is 4.69. The van der Waals surface area contributed by atoms with Crippen molar-refractivity contribution in [3.63, 3.8) is 0 Å². The summed E-state index contributed by atoms with van der Waals surface area (Å²) in [5.41, 5.74) is 0. The van der Waals surface area contributed by atoms with Crippen LogP contribution in [0.25, 0.3) is 0 Å². The number of nitrogens with one attached hydrogen (secondary N) is 1. The molecule has 0 bridgehead atoms. The number of thiophene rings is 1. The summed E-state index contributed by atoms with van der Waals surface area (Å²) >= 11 is 1.93.